The van der Waals surface area contributed by atoms with E-state index < -0.39 is 0 Å². The lowest BCUT2D eigenvalue weighted by atomic mass is 9.79. The average molecular weight is 206 g/mol. The Hall–Kier alpha value is -0.690. The van der Waals surface area contributed by atoms with Crippen molar-refractivity contribution in [1.29, 1.82) is 0 Å². The van der Waals surface area contributed by atoms with Gasteiger partial charge in [-0.2, -0.15) is 0 Å². The van der Waals surface area contributed by atoms with Crippen LogP contribution in [0.1, 0.15) is 26.3 Å². The summed E-state index contributed by atoms with van der Waals surface area (Å²) in [4.78, 5) is 1.31. The first-order chi connectivity index (χ1) is 6.48. The van der Waals surface area contributed by atoms with Crippen LogP contribution in [0, 0.1) is 0 Å². The van der Waals surface area contributed by atoms with E-state index in [4.69, 9.17) is 0 Å². The molecule has 0 aromatic heterocycles. The van der Waals surface area contributed by atoms with Gasteiger partial charge in [0.1, 0.15) is 0 Å². The molecule has 0 saturated carbocycles. The smallest absolute Gasteiger partial charge is 0.00996 e. The molecule has 0 unspecified atom stereocenters. The van der Waals surface area contributed by atoms with E-state index in [-0.39, 0.29) is 5.41 Å². The highest BCUT2D eigenvalue weighted by Gasteiger charge is 2.20. The van der Waals surface area contributed by atoms with E-state index in [2.05, 4.69) is 57.9 Å². The molecule has 0 nitrogen and oxygen atoms in total. The van der Waals surface area contributed by atoms with Crippen molar-refractivity contribution in [2.24, 2.45) is 0 Å². The second-order valence-electron chi connectivity index (χ2n) is 4.13. The molecule has 0 heterocycles. The summed E-state index contributed by atoms with van der Waals surface area (Å²) in [5.74, 6) is 0. The van der Waals surface area contributed by atoms with Crippen molar-refractivity contribution in [3.63, 3.8) is 0 Å². The van der Waals surface area contributed by atoms with Crippen molar-refractivity contribution in [2.45, 2.75) is 31.1 Å². The molecule has 0 spiro atoms. The van der Waals surface area contributed by atoms with Gasteiger partial charge in [0.2, 0.25) is 0 Å². The molecule has 0 atom stereocenters. The Bertz CT molecular complexity index is 320. The largest absolute Gasteiger partial charge is 0.130 e. The molecule has 1 rings (SSSR count). The minimum atomic E-state index is 0.0803. The van der Waals surface area contributed by atoms with Gasteiger partial charge in [0.15, 0.2) is 0 Å². The first kappa shape index (κ1) is 11.4. The van der Waals surface area contributed by atoms with Crippen LogP contribution in [0.5, 0.6) is 0 Å². The van der Waals surface area contributed by atoms with Crippen molar-refractivity contribution >= 4 is 11.8 Å². The van der Waals surface area contributed by atoms with Gasteiger partial charge in [0.25, 0.3) is 0 Å². The highest BCUT2D eigenvalue weighted by atomic mass is 32.2. The van der Waals surface area contributed by atoms with Crippen molar-refractivity contribution in [1.82, 2.24) is 0 Å². The van der Waals surface area contributed by atoms with Crippen LogP contribution >= 0.6 is 11.8 Å². The molecule has 76 valence electrons. The Morgan fingerprint density at radius 1 is 1.21 bits per heavy atom. The zero-order chi connectivity index (χ0) is 10.8. The minimum Gasteiger partial charge on any atom is -0.130 e. The van der Waals surface area contributed by atoms with E-state index in [1.165, 1.54) is 16.0 Å². The summed E-state index contributed by atoms with van der Waals surface area (Å²) in [7, 11) is 0. The minimum absolute atomic E-state index is 0.0803. The molecular weight excluding hydrogens is 188 g/mol. The maximum Gasteiger partial charge on any atom is 0.00996 e. The van der Waals surface area contributed by atoms with Crippen LogP contribution in [-0.4, -0.2) is 6.26 Å². The molecule has 0 bridgehead atoms. The van der Waals surface area contributed by atoms with Crippen LogP contribution in [0.3, 0.4) is 0 Å². The zero-order valence-electron chi connectivity index (χ0n) is 9.42. The summed E-state index contributed by atoms with van der Waals surface area (Å²) in [6.45, 7) is 10.5. The molecule has 0 N–H and O–H groups in total. The lowest BCUT2D eigenvalue weighted by Gasteiger charge is -2.25. The van der Waals surface area contributed by atoms with Crippen molar-refractivity contribution in [2.75, 3.05) is 6.26 Å². The van der Waals surface area contributed by atoms with Crippen LogP contribution in [0.4, 0.5) is 0 Å². The molecule has 0 saturated heterocycles. The molecule has 0 aliphatic heterocycles. The van der Waals surface area contributed by atoms with E-state index in [0.29, 0.717) is 0 Å². The fraction of sp³-hybridized carbons (Fsp3) is 0.385. The summed E-state index contributed by atoms with van der Waals surface area (Å²) in [6, 6.07) is 8.73. The third kappa shape index (κ3) is 2.21. The van der Waals surface area contributed by atoms with E-state index in [1.54, 1.807) is 11.8 Å². The Labute approximate surface area is 91.4 Å². The van der Waals surface area contributed by atoms with Gasteiger partial charge in [0.05, 0.1) is 0 Å². The number of thioether (sulfide) groups is 1. The zero-order valence-corrected chi connectivity index (χ0v) is 10.2. The quantitative estimate of drug-likeness (QED) is 0.526. The Kier molecular flexibility index (Phi) is 3.43. The number of allylic oxidation sites excluding steroid dienone is 1. The average Bonchev–Trinajstić information content (AvgIpc) is 2.17. The van der Waals surface area contributed by atoms with Crippen LogP contribution in [-0.2, 0) is 5.41 Å². The van der Waals surface area contributed by atoms with Gasteiger partial charge in [-0.15, -0.1) is 11.8 Å². The van der Waals surface area contributed by atoms with Gasteiger partial charge in [-0.25, -0.2) is 0 Å². The van der Waals surface area contributed by atoms with Gasteiger partial charge < -0.3 is 0 Å². The molecule has 1 heteroatoms. The number of benzene rings is 1. The molecule has 0 amide bonds. The second-order valence-corrected chi connectivity index (χ2v) is 5.01. The molecular formula is C13H18S. The third-order valence-corrected chi connectivity index (χ3v) is 3.62. The SMILES string of the molecule is C=C(C)C(C)(C)c1ccc(SC)cc1. The third-order valence-electron chi connectivity index (χ3n) is 2.88. The van der Waals surface area contributed by atoms with E-state index in [0.717, 1.165) is 0 Å². The summed E-state index contributed by atoms with van der Waals surface area (Å²) in [5, 5.41) is 0. The summed E-state index contributed by atoms with van der Waals surface area (Å²) in [5.41, 5.74) is 2.62. The Balaban J connectivity index is 3.02. The van der Waals surface area contributed by atoms with Gasteiger partial charge in [0, 0.05) is 10.3 Å². The summed E-state index contributed by atoms with van der Waals surface area (Å²) >= 11 is 1.77. The van der Waals surface area contributed by atoms with Gasteiger partial charge in [-0.3, -0.25) is 0 Å². The number of rotatable bonds is 3. The van der Waals surface area contributed by atoms with E-state index in [1.807, 2.05) is 0 Å². The molecule has 14 heavy (non-hydrogen) atoms. The normalized spacial score (nSPS) is 11.4. The van der Waals surface area contributed by atoms with Gasteiger partial charge in [-0.1, -0.05) is 38.1 Å². The highest BCUT2D eigenvalue weighted by molar-refractivity contribution is 7.98. The van der Waals surface area contributed by atoms with Crippen molar-refractivity contribution in [3.8, 4) is 0 Å². The predicted octanol–water partition coefficient (Wildman–Crippen LogP) is 4.26. The second kappa shape index (κ2) is 4.22. The maximum absolute atomic E-state index is 4.04. The molecule has 0 aliphatic carbocycles. The number of hydrogen-bond donors (Lipinski definition) is 0. The predicted molar refractivity (Wildman–Crippen MR) is 66.1 cm³/mol. The van der Waals surface area contributed by atoms with Gasteiger partial charge in [-0.05, 0) is 30.9 Å². The highest BCUT2D eigenvalue weighted by Crippen LogP contribution is 2.30. The first-order valence-corrected chi connectivity index (χ1v) is 6.01. The summed E-state index contributed by atoms with van der Waals surface area (Å²) in [6.07, 6.45) is 2.10. The molecule has 1 aromatic carbocycles. The Morgan fingerprint density at radius 2 is 1.71 bits per heavy atom. The van der Waals surface area contributed by atoms with Crippen molar-refractivity contribution in [3.05, 3.63) is 42.0 Å². The van der Waals surface area contributed by atoms with Gasteiger partial charge >= 0.3 is 0 Å². The van der Waals surface area contributed by atoms with Crippen LogP contribution < -0.4 is 0 Å². The molecule has 0 radical (unpaired) electrons. The molecule has 0 fully saturated rings. The summed E-state index contributed by atoms with van der Waals surface area (Å²) < 4.78 is 0. The van der Waals surface area contributed by atoms with Crippen LogP contribution in [0.2, 0.25) is 0 Å². The van der Waals surface area contributed by atoms with Crippen LogP contribution in [0.15, 0.2) is 41.3 Å². The number of hydrogen-bond acceptors (Lipinski definition) is 1. The topological polar surface area (TPSA) is 0 Å². The van der Waals surface area contributed by atoms with E-state index in [9.17, 15) is 0 Å². The Morgan fingerprint density at radius 3 is 2.07 bits per heavy atom. The fourth-order valence-corrected chi connectivity index (χ4v) is 1.66. The standard InChI is InChI=1S/C13H18S/c1-10(2)13(3,4)11-6-8-12(14-5)9-7-11/h6-9H,1H2,2-5H3. The molecule has 0 aliphatic rings. The van der Waals surface area contributed by atoms with Crippen molar-refractivity contribution < 1.29 is 0 Å². The monoisotopic (exact) mass is 206 g/mol. The molecule has 1 aromatic rings. The van der Waals surface area contributed by atoms with Crippen LogP contribution in [0.25, 0.3) is 0 Å². The lowest BCUT2D eigenvalue weighted by molar-refractivity contribution is 0.625. The van der Waals surface area contributed by atoms with E-state index >= 15 is 0 Å². The fourth-order valence-electron chi connectivity index (χ4n) is 1.25. The maximum atomic E-state index is 4.04. The first-order valence-electron chi connectivity index (χ1n) is 4.79. The lowest BCUT2D eigenvalue weighted by Crippen LogP contribution is -2.17.